The lowest BCUT2D eigenvalue weighted by Gasteiger charge is -2.25. The van der Waals surface area contributed by atoms with Crippen LogP contribution in [0.1, 0.15) is 98.5 Å². The molecule has 4 amide bonds. The highest BCUT2D eigenvalue weighted by molar-refractivity contribution is 5.98. The summed E-state index contributed by atoms with van der Waals surface area (Å²) >= 11 is 0. The highest BCUT2D eigenvalue weighted by atomic mass is 16.5. The number of primary amides is 1. The van der Waals surface area contributed by atoms with Crippen molar-refractivity contribution in [1.29, 1.82) is 0 Å². The van der Waals surface area contributed by atoms with Gasteiger partial charge >= 0.3 is 5.97 Å². The second-order valence-electron chi connectivity index (χ2n) is 12.2. The lowest BCUT2D eigenvalue weighted by Crippen LogP contribution is -2.54. The summed E-state index contributed by atoms with van der Waals surface area (Å²) < 4.78 is 5.34. The van der Waals surface area contributed by atoms with Crippen LogP contribution >= 0.6 is 0 Å². The molecule has 1 aromatic carbocycles. The normalized spacial score (nSPS) is 12.6. The number of Topliss-reactive ketones (excluding diaryl/α,β-unsaturated/α-hetero) is 1. The van der Waals surface area contributed by atoms with E-state index in [2.05, 4.69) is 36.7 Å². The highest BCUT2D eigenvalue weighted by Gasteiger charge is 2.29. The number of hydrogen-bond donors (Lipinski definition) is 4. The van der Waals surface area contributed by atoms with Gasteiger partial charge in [-0.05, 0) is 55.2 Å². The second-order valence-corrected chi connectivity index (χ2v) is 12.2. The Morgan fingerprint density at radius 2 is 1.50 bits per heavy atom. The van der Waals surface area contributed by atoms with Crippen molar-refractivity contribution in [2.24, 2.45) is 17.1 Å². The summed E-state index contributed by atoms with van der Waals surface area (Å²) in [4.78, 5) is 73.0. The number of benzene rings is 1. The quantitative estimate of drug-likeness (QED) is 0.150. The third-order valence-electron chi connectivity index (χ3n) is 6.47. The summed E-state index contributed by atoms with van der Waals surface area (Å²) in [5, 5.41) is 8.18. The Kier molecular flexibility index (Phi) is 15.5. The molecular formula is C31H48N4O7. The van der Waals surface area contributed by atoms with Crippen LogP contribution in [0.5, 0.6) is 0 Å². The number of ketones is 1. The number of hydrogen-bond acceptors (Lipinski definition) is 7. The molecule has 1 aromatic rings. The Labute approximate surface area is 249 Å². The van der Waals surface area contributed by atoms with Crippen LogP contribution in [0.3, 0.4) is 0 Å². The molecule has 0 heterocycles. The number of nitrogens with one attached hydrogen (secondary N) is 3. The maximum absolute atomic E-state index is 13.2. The SMILES string of the molecule is CC(=O)CCC(=O)N[C@H](C(=O)N[C@@H](CCCCC(N)=O)C(=O)Nc1ccc(COC(=O)CCC(C)(C)C)cc1)C(C)C. The van der Waals surface area contributed by atoms with Gasteiger partial charge in [-0.3, -0.25) is 24.0 Å². The molecule has 0 aromatic heterocycles. The van der Waals surface area contributed by atoms with E-state index < -0.39 is 35.7 Å². The minimum absolute atomic E-state index is 0.0328. The first kappa shape index (κ1) is 36.3. The van der Waals surface area contributed by atoms with Crippen LogP contribution in [0.15, 0.2) is 24.3 Å². The number of amides is 4. The van der Waals surface area contributed by atoms with Crippen LogP contribution in [0, 0.1) is 11.3 Å². The summed E-state index contributed by atoms with van der Waals surface area (Å²) in [5.74, 6) is -2.55. The molecule has 11 nitrogen and oxygen atoms in total. The first-order valence-electron chi connectivity index (χ1n) is 14.5. The second kappa shape index (κ2) is 17.9. The third-order valence-corrected chi connectivity index (χ3v) is 6.47. The Hall–Kier alpha value is -3.76. The zero-order valence-electron chi connectivity index (χ0n) is 25.8. The molecular weight excluding hydrogens is 540 g/mol. The van der Waals surface area contributed by atoms with Gasteiger partial charge in [0.15, 0.2) is 0 Å². The Morgan fingerprint density at radius 3 is 2.05 bits per heavy atom. The molecule has 0 unspecified atom stereocenters. The zero-order valence-corrected chi connectivity index (χ0v) is 25.8. The average Bonchev–Trinajstić information content (AvgIpc) is 2.89. The molecule has 0 fully saturated rings. The first-order chi connectivity index (χ1) is 19.6. The summed E-state index contributed by atoms with van der Waals surface area (Å²) in [6, 6.07) is 4.97. The van der Waals surface area contributed by atoms with E-state index in [1.807, 2.05) is 0 Å². The molecule has 0 aliphatic rings. The number of anilines is 1. The van der Waals surface area contributed by atoms with Gasteiger partial charge in [0.05, 0.1) is 0 Å². The number of carbonyl (C=O) groups excluding carboxylic acids is 6. The van der Waals surface area contributed by atoms with Crippen molar-refractivity contribution in [3.63, 3.8) is 0 Å². The van der Waals surface area contributed by atoms with Crippen LogP contribution in [0.25, 0.3) is 0 Å². The molecule has 0 spiro atoms. The van der Waals surface area contributed by atoms with Crippen LogP contribution in [0.4, 0.5) is 5.69 Å². The number of esters is 1. The van der Waals surface area contributed by atoms with Gasteiger partial charge < -0.3 is 31.2 Å². The number of rotatable bonds is 18. The first-order valence-corrected chi connectivity index (χ1v) is 14.5. The molecule has 0 aliphatic heterocycles. The number of carbonyl (C=O) groups is 6. The van der Waals surface area contributed by atoms with Crippen LogP contribution in [-0.4, -0.2) is 47.5 Å². The van der Waals surface area contributed by atoms with Crippen molar-refractivity contribution in [2.45, 2.75) is 112 Å². The highest BCUT2D eigenvalue weighted by Crippen LogP contribution is 2.21. The van der Waals surface area contributed by atoms with E-state index in [-0.39, 0.29) is 55.4 Å². The van der Waals surface area contributed by atoms with Gasteiger partial charge in [-0.25, -0.2) is 0 Å². The number of nitrogens with two attached hydrogens (primary N) is 1. The van der Waals surface area contributed by atoms with Crippen molar-refractivity contribution in [1.82, 2.24) is 10.6 Å². The zero-order chi connectivity index (χ0) is 31.9. The topological polar surface area (TPSA) is 174 Å². The van der Waals surface area contributed by atoms with Gasteiger partial charge in [-0.15, -0.1) is 0 Å². The molecule has 5 N–H and O–H groups in total. The van der Waals surface area contributed by atoms with E-state index in [4.69, 9.17) is 10.5 Å². The maximum atomic E-state index is 13.2. The molecule has 234 valence electrons. The Balaban J connectivity index is 2.86. The minimum atomic E-state index is -0.941. The smallest absolute Gasteiger partial charge is 0.306 e. The molecule has 0 saturated heterocycles. The fourth-order valence-electron chi connectivity index (χ4n) is 3.87. The Morgan fingerprint density at radius 1 is 0.857 bits per heavy atom. The van der Waals surface area contributed by atoms with Crippen molar-refractivity contribution in [3.05, 3.63) is 29.8 Å². The maximum Gasteiger partial charge on any atom is 0.306 e. The van der Waals surface area contributed by atoms with Crippen LogP contribution < -0.4 is 21.7 Å². The van der Waals surface area contributed by atoms with Gasteiger partial charge in [-0.2, -0.15) is 0 Å². The molecule has 42 heavy (non-hydrogen) atoms. The van der Waals surface area contributed by atoms with E-state index in [0.29, 0.717) is 24.9 Å². The molecule has 1 rings (SSSR count). The van der Waals surface area contributed by atoms with Gasteiger partial charge in [0.1, 0.15) is 24.5 Å². The van der Waals surface area contributed by atoms with Crippen molar-refractivity contribution in [3.8, 4) is 0 Å². The summed E-state index contributed by atoms with van der Waals surface area (Å²) in [7, 11) is 0. The van der Waals surface area contributed by atoms with Crippen molar-refractivity contribution >= 4 is 41.1 Å². The van der Waals surface area contributed by atoms with Gasteiger partial charge in [-0.1, -0.05) is 53.2 Å². The molecule has 0 bridgehead atoms. The molecule has 11 heteroatoms. The molecule has 0 radical (unpaired) electrons. The Bertz CT molecular complexity index is 1080. The van der Waals surface area contributed by atoms with Gasteiger partial charge in [0.2, 0.25) is 23.6 Å². The minimum Gasteiger partial charge on any atom is -0.461 e. The fraction of sp³-hybridized carbons (Fsp3) is 0.613. The van der Waals surface area contributed by atoms with E-state index >= 15 is 0 Å². The number of unbranched alkanes of at least 4 members (excludes halogenated alkanes) is 1. The standard InChI is InChI=1S/C31H48N4O7/c1-20(2)28(35-26(38)16-11-21(3)36)30(41)34-24(9-7-8-10-25(32)37)29(40)33-23-14-12-22(13-15-23)19-42-27(39)17-18-31(4,5)6/h12-15,20,24,28H,7-11,16-19H2,1-6H3,(H2,32,37)(H,33,40)(H,34,41)(H,35,38)/t24-,28-/m0/s1. The monoisotopic (exact) mass is 588 g/mol. The predicted molar refractivity (Wildman–Crippen MR) is 160 cm³/mol. The summed E-state index contributed by atoms with van der Waals surface area (Å²) in [6.45, 7) is 11.2. The van der Waals surface area contributed by atoms with E-state index in [0.717, 1.165) is 12.0 Å². The van der Waals surface area contributed by atoms with E-state index in [1.165, 1.54) is 6.92 Å². The van der Waals surface area contributed by atoms with Crippen molar-refractivity contribution in [2.75, 3.05) is 5.32 Å². The fourth-order valence-corrected chi connectivity index (χ4v) is 3.87. The summed E-state index contributed by atoms with van der Waals surface area (Å²) in [5.41, 5.74) is 6.50. The third kappa shape index (κ3) is 15.9. The van der Waals surface area contributed by atoms with Crippen molar-refractivity contribution < 1.29 is 33.5 Å². The predicted octanol–water partition coefficient (Wildman–Crippen LogP) is 3.54. The molecule has 0 aliphatic carbocycles. The molecule has 2 atom stereocenters. The average molecular weight is 589 g/mol. The van der Waals surface area contributed by atoms with E-state index in [1.54, 1.807) is 38.1 Å². The van der Waals surface area contributed by atoms with Gasteiger partial charge in [0.25, 0.3) is 0 Å². The summed E-state index contributed by atoms with van der Waals surface area (Å²) in [6.07, 6.45) is 2.41. The van der Waals surface area contributed by atoms with E-state index in [9.17, 15) is 28.8 Å². The largest absolute Gasteiger partial charge is 0.461 e. The van der Waals surface area contributed by atoms with Crippen LogP contribution in [-0.2, 0) is 40.1 Å². The number of ether oxygens (including phenoxy) is 1. The lowest BCUT2D eigenvalue weighted by molar-refractivity contribution is -0.145. The lowest BCUT2D eigenvalue weighted by atomic mass is 9.91. The van der Waals surface area contributed by atoms with Gasteiger partial charge in [0, 0.05) is 31.4 Å². The molecule has 0 saturated carbocycles. The van der Waals surface area contributed by atoms with Crippen LogP contribution in [0.2, 0.25) is 0 Å².